The lowest BCUT2D eigenvalue weighted by molar-refractivity contribution is -0.145. The van der Waals surface area contributed by atoms with Crippen molar-refractivity contribution in [3.05, 3.63) is 12.7 Å². The third-order valence-corrected chi connectivity index (χ3v) is 4.03. The SMILES string of the molecule is C=CCC(C)(C(=O)OCC)S(C)(=O)=O. The van der Waals surface area contributed by atoms with E-state index in [1.54, 1.807) is 6.92 Å². The molecule has 0 heterocycles. The second-order valence-corrected chi connectivity index (χ2v) is 5.66. The van der Waals surface area contributed by atoms with Crippen molar-refractivity contribution in [2.75, 3.05) is 12.9 Å². The molecule has 1 unspecified atom stereocenters. The molecule has 0 aliphatic heterocycles. The number of sulfone groups is 1. The van der Waals surface area contributed by atoms with Gasteiger partial charge in [0.25, 0.3) is 0 Å². The molecule has 0 saturated carbocycles. The smallest absolute Gasteiger partial charge is 0.327 e. The summed E-state index contributed by atoms with van der Waals surface area (Å²) >= 11 is 0. The summed E-state index contributed by atoms with van der Waals surface area (Å²) < 4.78 is 26.0. The molecule has 0 aliphatic carbocycles. The van der Waals surface area contributed by atoms with Crippen molar-refractivity contribution in [2.24, 2.45) is 0 Å². The fourth-order valence-corrected chi connectivity index (χ4v) is 1.73. The first kappa shape index (κ1) is 13.2. The molecule has 0 N–H and O–H groups in total. The minimum atomic E-state index is -3.49. The summed E-state index contributed by atoms with van der Waals surface area (Å²) in [4.78, 5) is 11.5. The summed E-state index contributed by atoms with van der Waals surface area (Å²) in [6.07, 6.45) is 2.48. The van der Waals surface area contributed by atoms with Crippen molar-refractivity contribution in [3.8, 4) is 0 Å². The first-order chi connectivity index (χ1) is 6.29. The highest BCUT2D eigenvalue weighted by atomic mass is 32.2. The molecule has 4 nitrogen and oxygen atoms in total. The molecular formula is C9H16O4S. The van der Waals surface area contributed by atoms with E-state index in [0.717, 1.165) is 6.26 Å². The van der Waals surface area contributed by atoms with Crippen molar-refractivity contribution >= 4 is 15.8 Å². The summed E-state index contributed by atoms with van der Waals surface area (Å²) in [6, 6.07) is 0. The highest BCUT2D eigenvalue weighted by Crippen LogP contribution is 2.23. The van der Waals surface area contributed by atoms with E-state index in [1.165, 1.54) is 13.0 Å². The monoisotopic (exact) mass is 220 g/mol. The molecule has 0 saturated heterocycles. The summed E-state index contributed by atoms with van der Waals surface area (Å²) in [5.41, 5.74) is 0. The molecule has 0 rings (SSSR count). The third-order valence-electron chi connectivity index (χ3n) is 2.06. The van der Waals surface area contributed by atoms with Gasteiger partial charge in [-0.25, -0.2) is 8.42 Å². The van der Waals surface area contributed by atoms with Crippen molar-refractivity contribution in [1.82, 2.24) is 0 Å². The molecule has 5 heteroatoms. The van der Waals surface area contributed by atoms with E-state index in [4.69, 9.17) is 4.74 Å². The lowest BCUT2D eigenvalue weighted by Crippen LogP contribution is -2.43. The van der Waals surface area contributed by atoms with Gasteiger partial charge in [0, 0.05) is 6.26 Å². The van der Waals surface area contributed by atoms with Crippen LogP contribution in [0.15, 0.2) is 12.7 Å². The predicted octanol–water partition coefficient (Wildman–Crippen LogP) is 0.929. The Bertz CT molecular complexity index is 318. The largest absolute Gasteiger partial charge is 0.465 e. The van der Waals surface area contributed by atoms with Crippen LogP contribution in [0.3, 0.4) is 0 Å². The normalized spacial score (nSPS) is 15.6. The summed E-state index contributed by atoms with van der Waals surface area (Å²) in [6.45, 7) is 6.58. The molecule has 0 fully saturated rings. The van der Waals surface area contributed by atoms with Crippen molar-refractivity contribution in [3.63, 3.8) is 0 Å². The van der Waals surface area contributed by atoms with Gasteiger partial charge in [-0.2, -0.15) is 0 Å². The predicted molar refractivity (Wildman–Crippen MR) is 54.7 cm³/mol. The molecule has 0 aromatic carbocycles. The quantitative estimate of drug-likeness (QED) is 0.511. The molecule has 82 valence electrons. The first-order valence-corrected chi connectivity index (χ1v) is 6.16. The van der Waals surface area contributed by atoms with Gasteiger partial charge < -0.3 is 4.74 Å². The van der Waals surface area contributed by atoms with Gasteiger partial charge in [-0.1, -0.05) is 6.08 Å². The number of rotatable bonds is 5. The highest BCUT2D eigenvalue weighted by Gasteiger charge is 2.43. The first-order valence-electron chi connectivity index (χ1n) is 4.27. The molecular weight excluding hydrogens is 204 g/mol. The average molecular weight is 220 g/mol. The molecule has 0 aromatic rings. The lowest BCUT2D eigenvalue weighted by atomic mass is 10.1. The molecule has 0 amide bonds. The summed E-state index contributed by atoms with van der Waals surface area (Å²) in [5, 5.41) is 0. The van der Waals surface area contributed by atoms with E-state index in [0.29, 0.717) is 0 Å². The topological polar surface area (TPSA) is 60.4 Å². The standard InChI is InChI=1S/C9H16O4S/c1-5-7-9(3,14(4,11)12)8(10)13-6-2/h5H,1,6-7H2,2-4H3. The van der Waals surface area contributed by atoms with E-state index < -0.39 is 20.6 Å². The Morgan fingerprint density at radius 1 is 1.57 bits per heavy atom. The van der Waals surface area contributed by atoms with Crippen LogP contribution in [0.1, 0.15) is 20.3 Å². The number of carbonyl (C=O) groups excluding carboxylic acids is 1. The Balaban J connectivity index is 5.10. The Labute approximate surface area is 84.9 Å². The highest BCUT2D eigenvalue weighted by molar-refractivity contribution is 7.92. The second kappa shape index (κ2) is 4.59. The van der Waals surface area contributed by atoms with Crippen molar-refractivity contribution < 1.29 is 17.9 Å². The van der Waals surface area contributed by atoms with Crippen LogP contribution in [0.25, 0.3) is 0 Å². The van der Waals surface area contributed by atoms with E-state index in [-0.39, 0.29) is 13.0 Å². The van der Waals surface area contributed by atoms with Crippen molar-refractivity contribution in [2.45, 2.75) is 25.0 Å². The molecule has 0 spiro atoms. The number of hydrogen-bond acceptors (Lipinski definition) is 4. The average Bonchev–Trinajstić information content (AvgIpc) is 2.03. The zero-order valence-electron chi connectivity index (χ0n) is 8.74. The number of carbonyl (C=O) groups is 1. The molecule has 1 atom stereocenters. The Kier molecular flexibility index (Phi) is 4.32. The van der Waals surface area contributed by atoms with Gasteiger partial charge in [-0.3, -0.25) is 4.79 Å². The van der Waals surface area contributed by atoms with Gasteiger partial charge in [0.15, 0.2) is 14.6 Å². The van der Waals surface area contributed by atoms with Crippen LogP contribution in [0.2, 0.25) is 0 Å². The van der Waals surface area contributed by atoms with Gasteiger partial charge in [0.05, 0.1) is 6.61 Å². The number of ether oxygens (including phenoxy) is 1. The molecule has 0 aliphatic rings. The van der Waals surface area contributed by atoms with Crippen LogP contribution < -0.4 is 0 Å². The van der Waals surface area contributed by atoms with E-state index in [2.05, 4.69) is 6.58 Å². The van der Waals surface area contributed by atoms with Crippen LogP contribution in [0, 0.1) is 0 Å². The van der Waals surface area contributed by atoms with Crippen LogP contribution in [0.4, 0.5) is 0 Å². The van der Waals surface area contributed by atoms with E-state index in [9.17, 15) is 13.2 Å². The maximum Gasteiger partial charge on any atom is 0.327 e. The van der Waals surface area contributed by atoms with Gasteiger partial charge >= 0.3 is 5.97 Å². The minimum Gasteiger partial charge on any atom is -0.465 e. The zero-order valence-corrected chi connectivity index (χ0v) is 9.56. The van der Waals surface area contributed by atoms with Crippen LogP contribution in [-0.2, 0) is 19.4 Å². The Hall–Kier alpha value is -0.840. The molecule has 14 heavy (non-hydrogen) atoms. The third kappa shape index (κ3) is 2.57. The minimum absolute atomic E-state index is 0.0602. The van der Waals surface area contributed by atoms with Gasteiger partial charge in [-0.05, 0) is 20.3 Å². The van der Waals surface area contributed by atoms with Gasteiger partial charge in [0.2, 0.25) is 0 Å². The Morgan fingerprint density at radius 2 is 2.07 bits per heavy atom. The number of hydrogen-bond donors (Lipinski definition) is 0. The fraction of sp³-hybridized carbons (Fsp3) is 0.667. The zero-order chi connectivity index (χ0) is 11.4. The molecule has 0 aromatic heterocycles. The summed E-state index contributed by atoms with van der Waals surface area (Å²) in [5.74, 6) is -0.720. The molecule has 0 bridgehead atoms. The van der Waals surface area contributed by atoms with Gasteiger partial charge in [-0.15, -0.1) is 6.58 Å². The van der Waals surface area contributed by atoms with Gasteiger partial charge in [0.1, 0.15) is 0 Å². The second-order valence-electron chi connectivity index (χ2n) is 3.22. The van der Waals surface area contributed by atoms with E-state index in [1.807, 2.05) is 0 Å². The Morgan fingerprint density at radius 3 is 2.36 bits per heavy atom. The fourth-order valence-electron chi connectivity index (χ4n) is 0.945. The van der Waals surface area contributed by atoms with E-state index >= 15 is 0 Å². The number of esters is 1. The molecule has 0 radical (unpaired) electrons. The summed E-state index contributed by atoms with van der Waals surface area (Å²) in [7, 11) is -3.49. The van der Waals surface area contributed by atoms with Crippen LogP contribution in [-0.4, -0.2) is 32.0 Å². The van der Waals surface area contributed by atoms with Crippen molar-refractivity contribution in [1.29, 1.82) is 0 Å². The number of allylic oxidation sites excluding steroid dienone is 1. The van der Waals surface area contributed by atoms with Crippen LogP contribution in [0.5, 0.6) is 0 Å². The maximum atomic E-state index is 11.5. The maximum absolute atomic E-state index is 11.5. The van der Waals surface area contributed by atoms with Crippen LogP contribution >= 0.6 is 0 Å². The lowest BCUT2D eigenvalue weighted by Gasteiger charge is -2.23.